The first-order chi connectivity index (χ1) is 15.5. The van der Waals surface area contributed by atoms with Gasteiger partial charge in [0, 0.05) is 36.5 Å². The van der Waals surface area contributed by atoms with Crippen LogP contribution < -0.4 is 15.5 Å². The summed E-state index contributed by atoms with van der Waals surface area (Å²) in [6.45, 7) is 1.22. The van der Waals surface area contributed by atoms with Crippen molar-refractivity contribution in [1.82, 2.24) is 15.0 Å². The molecule has 1 saturated heterocycles. The van der Waals surface area contributed by atoms with E-state index in [9.17, 15) is 9.59 Å². The molecule has 32 heavy (non-hydrogen) atoms. The lowest BCUT2D eigenvalue weighted by Crippen LogP contribution is -2.38. The molecule has 2 amide bonds. The molecule has 2 aromatic heterocycles. The van der Waals surface area contributed by atoms with Crippen molar-refractivity contribution in [2.24, 2.45) is 0 Å². The molecule has 3 N–H and O–H groups in total. The molecule has 10 nitrogen and oxygen atoms in total. The smallest absolute Gasteiger partial charge is 0.288 e. The number of anilines is 3. The van der Waals surface area contributed by atoms with Crippen LogP contribution in [0.3, 0.4) is 0 Å². The third-order valence-electron chi connectivity index (χ3n) is 4.54. The minimum Gasteiger partial charge on any atom is -0.465 e. The molecule has 4 rings (SSSR count). The van der Waals surface area contributed by atoms with Gasteiger partial charge < -0.3 is 15.4 Å². The van der Waals surface area contributed by atoms with Gasteiger partial charge in [0.05, 0.1) is 11.6 Å². The number of carbonyl (C=O) groups is 2. The van der Waals surface area contributed by atoms with E-state index in [1.165, 1.54) is 24.7 Å². The number of amides is 2. The predicted octanol–water partition coefficient (Wildman–Crippen LogP) is 3.19. The number of nitrogens with zero attached hydrogens (tertiary/aromatic N) is 4. The number of hydrogen-bond acceptors (Lipinski definition) is 7. The minimum atomic E-state index is -0.628. The lowest BCUT2D eigenvalue weighted by Gasteiger charge is -2.28. The fraction of sp³-hybridized carbons (Fsp3) is 0.143. The summed E-state index contributed by atoms with van der Waals surface area (Å²) in [5.74, 6) is -0.953. The van der Waals surface area contributed by atoms with Crippen molar-refractivity contribution < 1.29 is 14.3 Å². The van der Waals surface area contributed by atoms with Gasteiger partial charge in [-0.15, -0.1) is 0 Å². The van der Waals surface area contributed by atoms with E-state index in [1.54, 1.807) is 35.2 Å². The molecule has 1 aliphatic heterocycles. The second-order valence-corrected chi connectivity index (χ2v) is 7.17. The molecular weight excluding hydrogens is 434 g/mol. The Hall–Kier alpha value is -4.05. The van der Waals surface area contributed by atoms with Crippen LogP contribution in [0.15, 0.2) is 55.0 Å². The van der Waals surface area contributed by atoms with Crippen LogP contribution in [-0.2, 0) is 4.74 Å². The van der Waals surface area contributed by atoms with E-state index >= 15 is 0 Å². The highest BCUT2D eigenvalue weighted by Gasteiger charge is 2.21. The summed E-state index contributed by atoms with van der Waals surface area (Å²) in [5, 5.41) is 13.6. The molecule has 0 radical (unpaired) electrons. The van der Waals surface area contributed by atoms with E-state index in [4.69, 9.17) is 21.7 Å². The molecule has 0 atom stereocenters. The fourth-order valence-corrected chi connectivity index (χ4v) is 3.14. The normalized spacial score (nSPS) is 13.3. The second-order valence-electron chi connectivity index (χ2n) is 6.73. The Bertz CT molecular complexity index is 1150. The van der Waals surface area contributed by atoms with E-state index in [-0.39, 0.29) is 23.2 Å². The molecule has 0 aliphatic carbocycles. The van der Waals surface area contributed by atoms with Crippen LogP contribution >= 0.6 is 11.6 Å². The molecule has 162 valence electrons. The Morgan fingerprint density at radius 3 is 2.28 bits per heavy atom. The third kappa shape index (κ3) is 4.81. The Balaban J connectivity index is 1.47. The van der Waals surface area contributed by atoms with Gasteiger partial charge in [-0.05, 0) is 42.8 Å². The number of hydrogen-bond donors (Lipinski definition) is 3. The molecule has 1 aliphatic rings. The van der Waals surface area contributed by atoms with E-state index < -0.39 is 11.8 Å². The highest BCUT2D eigenvalue weighted by molar-refractivity contribution is 6.30. The maximum Gasteiger partial charge on any atom is 0.288 e. The van der Waals surface area contributed by atoms with Crippen LogP contribution in [0.4, 0.5) is 17.2 Å². The lowest BCUT2D eigenvalue weighted by atomic mass is 10.2. The molecular formula is C21H18ClN7O3. The Kier molecular flexibility index (Phi) is 6.22. The van der Waals surface area contributed by atoms with Crippen molar-refractivity contribution in [2.75, 3.05) is 28.7 Å². The first-order valence-electron chi connectivity index (χ1n) is 9.65. The molecule has 3 aromatic rings. The quantitative estimate of drug-likeness (QED) is 0.542. The summed E-state index contributed by atoms with van der Waals surface area (Å²) >= 11 is 5.80. The van der Waals surface area contributed by atoms with Gasteiger partial charge in [0.2, 0.25) is 0 Å². The number of halogens is 1. The molecule has 0 unspecified atom stereocenters. The summed E-state index contributed by atoms with van der Waals surface area (Å²) in [6.07, 6.45) is 4.87. The maximum atomic E-state index is 12.8. The van der Waals surface area contributed by atoms with Gasteiger partial charge in [-0.2, -0.15) is 0 Å². The molecule has 0 bridgehead atoms. The van der Waals surface area contributed by atoms with Gasteiger partial charge in [0.1, 0.15) is 5.82 Å². The topological polar surface area (TPSA) is 133 Å². The Morgan fingerprint density at radius 1 is 0.969 bits per heavy atom. The number of rotatable bonds is 5. The zero-order valence-corrected chi connectivity index (χ0v) is 17.5. The Labute approximate surface area is 188 Å². The average Bonchev–Trinajstić information content (AvgIpc) is 2.81. The summed E-state index contributed by atoms with van der Waals surface area (Å²) in [4.78, 5) is 39.2. The zero-order valence-electron chi connectivity index (χ0n) is 16.7. The van der Waals surface area contributed by atoms with Crippen molar-refractivity contribution in [2.45, 2.75) is 6.42 Å². The van der Waals surface area contributed by atoms with Crippen LogP contribution in [-0.4, -0.2) is 45.9 Å². The standard InChI is InChI=1S/C21H18ClN7O3/c22-13-2-7-16(26-12-13)28-20(31)18-17(24-8-9-25-18)19(30)27-14-3-5-15(6-4-14)29-10-1-11-32-21(29)23/h2-9,12,23H,1,10-11H2,(H,27,30)(H,26,28,31). The summed E-state index contributed by atoms with van der Waals surface area (Å²) in [6, 6.07) is 10.1. The van der Waals surface area contributed by atoms with E-state index in [0.29, 0.717) is 23.9 Å². The van der Waals surface area contributed by atoms with E-state index in [2.05, 4.69) is 25.6 Å². The van der Waals surface area contributed by atoms with Crippen LogP contribution in [0.25, 0.3) is 0 Å². The van der Waals surface area contributed by atoms with Gasteiger partial charge in [-0.1, -0.05) is 11.6 Å². The number of nitrogens with one attached hydrogen (secondary N) is 3. The van der Waals surface area contributed by atoms with Crippen molar-refractivity contribution >= 4 is 46.6 Å². The highest BCUT2D eigenvalue weighted by Crippen LogP contribution is 2.21. The molecule has 11 heteroatoms. The van der Waals surface area contributed by atoms with Crippen LogP contribution in [0.2, 0.25) is 5.02 Å². The van der Waals surface area contributed by atoms with Crippen LogP contribution in [0.1, 0.15) is 27.4 Å². The molecule has 3 heterocycles. The summed E-state index contributed by atoms with van der Waals surface area (Å²) in [7, 11) is 0. The SMILES string of the molecule is N=C1OCCCN1c1ccc(NC(=O)c2nccnc2C(=O)Nc2ccc(Cl)cn2)cc1. The first-order valence-corrected chi connectivity index (χ1v) is 10.0. The zero-order chi connectivity index (χ0) is 22.5. The first kappa shape index (κ1) is 21.2. The second kappa shape index (κ2) is 9.40. The van der Waals surface area contributed by atoms with Gasteiger partial charge in [0.25, 0.3) is 17.8 Å². The number of pyridine rings is 1. The van der Waals surface area contributed by atoms with Crippen molar-refractivity contribution in [3.8, 4) is 0 Å². The number of carbonyl (C=O) groups excluding carboxylic acids is 2. The number of amidine groups is 1. The van der Waals surface area contributed by atoms with Gasteiger partial charge in [-0.25, -0.2) is 15.0 Å². The molecule has 0 spiro atoms. The monoisotopic (exact) mass is 451 g/mol. The van der Waals surface area contributed by atoms with Crippen molar-refractivity contribution in [1.29, 1.82) is 5.41 Å². The van der Waals surface area contributed by atoms with Gasteiger partial charge in [0.15, 0.2) is 11.4 Å². The average molecular weight is 452 g/mol. The molecule has 0 saturated carbocycles. The fourth-order valence-electron chi connectivity index (χ4n) is 3.03. The number of benzene rings is 1. The van der Waals surface area contributed by atoms with E-state index in [1.807, 2.05) is 0 Å². The molecule has 1 fully saturated rings. The number of aromatic nitrogens is 3. The van der Waals surface area contributed by atoms with Crippen molar-refractivity contribution in [3.63, 3.8) is 0 Å². The summed E-state index contributed by atoms with van der Waals surface area (Å²) in [5.41, 5.74) is 1.01. The van der Waals surface area contributed by atoms with E-state index in [0.717, 1.165) is 12.1 Å². The maximum absolute atomic E-state index is 12.8. The number of ether oxygens (including phenoxy) is 1. The third-order valence-corrected chi connectivity index (χ3v) is 4.77. The summed E-state index contributed by atoms with van der Waals surface area (Å²) < 4.78 is 5.26. The Morgan fingerprint density at radius 2 is 1.66 bits per heavy atom. The highest BCUT2D eigenvalue weighted by atomic mass is 35.5. The van der Waals surface area contributed by atoms with Gasteiger partial charge >= 0.3 is 0 Å². The van der Waals surface area contributed by atoms with Crippen LogP contribution in [0, 0.1) is 5.41 Å². The minimum absolute atomic E-state index is 0.0958. The van der Waals surface area contributed by atoms with Crippen molar-refractivity contribution in [3.05, 3.63) is 71.4 Å². The molecule has 1 aromatic carbocycles. The lowest BCUT2D eigenvalue weighted by molar-refractivity contribution is 0.0982. The largest absolute Gasteiger partial charge is 0.465 e. The van der Waals surface area contributed by atoms with Crippen LogP contribution in [0.5, 0.6) is 0 Å². The predicted molar refractivity (Wildman–Crippen MR) is 119 cm³/mol. The van der Waals surface area contributed by atoms with Gasteiger partial charge in [-0.3, -0.25) is 19.9 Å².